The van der Waals surface area contributed by atoms with Gasteiger partial charge in [0.15, 0.2) is 0 Å². The van der Waals surface area contributed by atoms with Crippen molar-refractivity contribution in [2.45, 2.75) is 24.5 Å². The molecule has 0 amide bonds. The van der Waals surface area contributed by atoms with E-state index in [1.54, 1.807) is 55.6 Å². The number of benzene rings is 4. The van der Waals surface area contributed by atoms with Gasteiger partial charge in [-0.25, -0.2) is 17.8 Å². The highest BCUT2D eigenvalue weighted by Crippen LogP contribution is 2.31. The van der Waals surface area contributed by atoms with Crippen LogP contribution in [0.3, 0.4) is 0 Å². The van der Waals surface area contributed by atoms with Crippen molar-refractivity contribution in [2.24, 2.45) is 0 Å². The number of carbonyl (C=O) groups excluding carboxylic acids is 1. The van der Waals surface area contributed by atoms with Crippen molar-refractivity contribution < 1.29 is 22.7 Å². The Morgan fingerprint density at radius 1 is 0.872 bits per heavy atom. The molecule has 5 rings (SSSR count). The van der Waals surface area contributed by atoms with E-state index >= 15 is 0 Å². The quantitative estimate of drug-likeness (QED) is 0.253. The fraction of sp³-hybridized carbons (Fsp3) is 0.129. The number of para-hydroxylation sites is 1. The highest BCUT2D eigenvalue weighted by atomic mass is 32.2. The third-order valence-electron chi connectivity index (χ3n) is 6.48. The van der Waals surface area contributed by atoms with Crippen LogP contribution in [0.2, 0.25) is 0 Å². The van der Waals surface area contributed by atoms with Crippen LogP contribution in [-0.2, 0) is 21.4 Å². The van der Waals surface area contributed by atoms with Crippen molar-refractivity contribution in [3.8, 4) is 5.75 Å². The first-order valence-corrected chi connectivity index (χ1v) is 13.9. The molecule has 0 aliphatic carbocycles. The molecule has 0 saturated heterocycles. The first-order valence-electron chi connectivity index (χ1n) is 12.4. The molecule has 0 spiro atoms. The largest absolute Gasteiger partial charge is 0.497 e. The Kier molecular flexibility index (Phi) is 7.49. The summed E-state index contributed by atoms with van der Waals surface area (Å²) in [5.74, 6) is 0.627. The number of aryl methyl sites for hydroxylation is 1. The number of nitrogens with zero attached hydrogens (tertiary/aromatic N) is 1. The molecule has 8 heteroatoms. The molecule has 39 heavy (non-hydrogen) atoms. The van der Waals surface area contributed by atoms with Gasteiger partial charge in [-0.1, -0.05) is 78.4 Å². The van der Waals surface area contributed by atoms with Gasteiger partial charge in [-0.3, -0.25) is 0 Å². The Labute approximate surface area is 227 Å². The molecule has 4 aromatic carbocycles. The van der Waals surface area contributed by atoms with Crippen LogP contribution in [0.15, 0.2) is 114 Å². The van der Waals surface area contributed by atoms with Crippen molar-refractivity contribution >= 4 is 27.0 Å². The van der Waals surface area contributed by atoms with Crippen LogP contribution in [0.5, 0.6) is 5.75 Å². The van der Waals surface area contributed by atoms with Crippen molar-refractivity contribution in [1.29, 1.82) is 0 Å². The second-order valence-electron chi connectivity index (χ2n) is 9.14. The SMILES string of the molecule is COc1ccc(C(NS(=O)(=O)c2ccc(C)cc2)c2cc3ccccc3n2C(=O)OCc2ccccc2)cc1. The van der Waals surface area contributed by atoms with E-state index in [4.69, 9.17) is 9.47 Å². The molecule has 5 aromatic rings. The molecule has 0 radical (unpaired) electrons. The Morgan fingerprint density at radius 3 is 2.23 bits per heavy atom. The third-order valence-corrected chi connectivity index (χ3v) is 7.91. The van der Waals surface area contributed by atoms with Crippen LogP contribution in [0, 0.1) is 6.92 Å². The zero-order chi connectivity index (χ0) is 27.4. The van der Waals surface area contributed by atoms with Gasteiger partial charge in [0.25, 0.3) is 0 Å². The standard InChI is InChI=1S/C31H28N2O5S/c1-22-12-18-27(19-13-22)39(35,36)32-30(24-14-16-26(37-2)17-15-24)29-20-25-10-6-7-11-28(25)33(29)31(34)38-21-23-8-4-3-5-9-23/h3-20,30,32H,21H2,1-2H3. The average molecular weight is 541 g/mol. The number of ether oxygens (including phenoxy) is 2. The number of fused-ring (bicyclic) bond motifs is 1. The summed E-state index contributed by atoms with van der Waals surface area (Å²) in [7, 11) is -2.41. The lowest BCUT2D eigenvalue weighted by Crippen LogP contribution is -2.32. The second kappa shape index (κ2) is 11.1. The van der Waals surface area contributed by atoms with Crippen LogP contribution in [0.4, 0.5) is 4.79 Å². The van der Waals surface area contributed by atoms with Gasteiger partial charge in [0.2, 0.25) is 10.0 Å². The van der Waals surface area contributed by atoms with Gasteiger partial charge in [-0.2, -0.15) is 4.72 Å². The molecule has 1 aromatic heterocycles. The number of sulfonamides is 1. The predicted octanol–water partition coefficient (Wildman–Crippen LogP) is 6.21. The number of rotatable bonds is 8. The van der Waals surface area contributed by atoms with Gasteiger partial charge in [0.05, 0.1) is 29.3 Å². The van der Waals surface area contributed by atoms with Gasteiger partial charge >= 0.3 is 6.09 Å². The van der Waals surface area contributed by atoms with Gasteiger partial charge in [-0.05, 0) is 54.4 Å². The van der Waals surface area contributed by atoms with E-state index in [2.05, 4.69) is 4.72 Å². The van der Waals surface area contributed by atoms with E-state index in [-0.39, 0.29) is 11.5 Å². The molecule has 1 N–H and O–H groups in total. The lowest BCUT2D eigenvalue weighted by atomic mass is 10.0. The number of carbonyl (C=O) groups is 1. The van der Waals surface area contributed by atoms with Crippen molar-refractivity contribution in [1.82, 2.24) is 9.29 Å². The number of hydrogen-bond acceptors (Lipinski definition) is 5. The first kappa shape index (κ1) is 26.2. The number of nitrogens with one attached hydrogen (secondary N) is 1. The molecule has 0 aliphatic rings. The van der Waals surface area contributed by atoms with Crippen LogP contribution in [-0.4, -0.2) is 26.2 Å². The maximum Gasteiger partial charge on any atom is 0.419 e. The molecule has 1 unspecified atom stereocenters. The normalized spacial score (nSPS) is 12.3. The van der Waals surface area contributed by atoms with E-state index in [0.717, 1.165) is 16.5 Å². The average Bonchev–Trinajstić information content (AvgIpc) is 3.35. The fourth-order valence-corrected chi connectivity index (χ4v) is 5.61. The molecule has 0 bridgehead atoms. The molecular formula is C31H28N2O5S. The van der Waals surface area contributed by atoms with Gasteiger partial charge < -0.3 is 9.47 Å². The summed E-state index contributed by atoms with van der Waals surface area (Å²) < 4.78 is 42.4. The minimum Gasteiger partial charge on any atom is -0.497 e. The second-order valence-corrected chi connectivity index (χ2v) is 10.9. The van der Waals surface area contributed by atoms with E-state index in [1.807, 2.05) is 67.6 Å². The summed E-state index contributed by atoms with van der Waals surface area (Å²) in [6, 6.07) is 31.3. The Bertz CT molecular complexity index is 1690. The van der Waals surface area contributed by atoms with Gasteiger partial charge in [0.1, 0.15) is 12.4 Å². The molecule has 0 saturated carbocycles. The van der Waals surface area contributed by atoms with E-state index in [9.17, 15) is 13.2 Å². The maximum atomic E-state index is 13.6. The van der Waals surface area contributed by atoms with E-state index in [0.29, 0.717) is 22.5 Å². The van der Waals surface area contributed by atoms with Crippen LogP contribution < -0.4 is 9.46 Å². The summed E-state index contributed by atoms with van der Waals surface area (Å²) >= 11 is 0. The third kappa shape index (κ3) is 5.72. The van der Waals surface area contributed by atoms with Crippen LogP contribution in [0.1, 0.15) is 28.4 Å². The fourth-order valence-electron chi connectivity index (χ4n) is 4.41. The minimum absolute atomic E-state index is 0.0773. The number of hydrogen-bond donors (Lipinski definition) is 1. The molecule has 7 nitrogen and oxygen atoms in total. The van der Waals surface area contributed by atoms with E-state index in [1.165, 1.54) is 4.57 Å². The van der Waals surface area contributed by atoms with E-state index < -0.39 is 22.2 Å². The molecule has 1 atom stereocenters. The topological polar surface area (TPSA) is 86.6 Å². The highest BCUT2D eigenvalue weighted by Gasteiger charge is 2.29. The smallest absolute Gasteiger partial charge is 0.419 e. The Balaban J connectivity index is 1.61. The van der Waals surface area contributed by atoms with Crippen molar-refractivity contribution in [3.05, 3.63) is 132 Å². The van der Waals surface area contributed by atoms with Crippen LogP contribution in [0.25, 0.3) is 10.9 Å². The summed E-state index contributed by atoms with van der Waals surface area (Å²) in [5.41, 5.74) is 3.46. The minimum atomic E-state index is -3.97. The highest BCUT2D eigenvalue weighted by molar-refractivity contribution is 7.89. The van der Waals surface area contributed by atoms with Gasteiger partial charge in [-0.15, -0.1) is 0 Å². The summed E-state index contributed by atoms with van der Waals surface area (Å²) in [5, 5.41) is 0.775. The van der Waals surface area contributed by atoms with Crippen molar-refractivity contribution in [2.75, 3.05) is 7.11 Å². The number of methoxy groups -OCH3 is 1. The monoisotopic (exact) mass is 540 g/mol. The summed E-state index contributed by atoms with van der Waals surface area (Å²) in [6.07, 6.45) is -0.608. The first-order chi connectivity index (χ1) is 18.9. The zero-order valence-electron chi connectivity index (χ0n) is 21.6. The van der Waals surface area contributed by atoms with Crippen molar-refractivity contribution in [3.63, 3.8) is 0 Å². The molecule has 0 fully saturated rings. The Hall–Kier alpha value is -4.40. The molecule has 0 aliphatic heterocycles. The van der Waals surface area contributed by atoms with Crippen LogP contribution >= 0.6 is 0 Å². The molecule has 1 heterocycles. The predicted molar refractivity (Wildman–Crippen MR) is 150 cm³/mol. The Morgan fingerprint density at radius 2 is 1.54 bits per heavy atom. The lowest BCUT2D eigenvalue weighted by Gasteiger charge is -2.22. The summed E-state index contributed by atoms with van der Waals surface area (Å²) in [4.78, 5) is 13.7. The number of aromatic nitrogens is 1. The molecule has 198 valence electrons. The molecular weight excluding hydrogens is 512 g/mol. The zero-order valence-corrected chi connectivity index (χ0v) is 22.4. The summed E-state index contributed by atoms with van der Waals surface area (Å²) in [6.45, 7) is 1.97. The van der Waals surface area contributed by atoms with Gasteiger partial charge in [0, 0.05) is 5.39 Å². The lowest BCUT2D eigenvalue weighted by molar-refractivity contribution is 0.141. The maximum absolute atomic E-state index is 13.6.